The lowest BCUT2D eigenvalue weighted by Gasteiger charge is -2.09. The van der Waals surface area contributed by atoms with Crippen LogP contribution in [0.2, 0.25) is 0 Å². The van der Waals surface area contributed by atoms with E-state index in [2.05, 4.69) is 18.8 Å². The smallest absolute Gasteiger partial charge is 0.283 e. The standard InChI is InChI=1S/C11H18N2O2S/c1-9(2)8-13-5-4-12-10(11(13)15)16-7-3-6-14/h4-5,9,14H,3,6-8H2,1-2H3. The van der Waals surface area contributed by atoms with E-state index in [9.17, 15) is 4.79 Å². The van der Waals surface area contributed by atoms with Crippen LogP contribution < -0.4 is 5.56 Å². The Morgan fingerprint density at radius 1 is 1.56 bits per heavy atom. The zero-order valence-corrected chi connectivity index (χ0v) is 10.5. The van der Waals surface area contributed by atoms with Crippen molar-refractivity contribution in [1.82, 2.24) is 9.55 Å². The quantitative estimate of drug-likeness (QED) is 0.605. The van der Waals surface area contributed by atoms with Gasteiger partial charge in [-0.2, -0.15) is 0 Å². The van der Waals surface area contributed by atoms with Gasteiger partial charge in [0.15, 0.2) is 5.03 Å². The molecule has 0 amide bonds. The number of hydrogen-bond acceptors (Lipinski definition) is 4. The van der Waals surface area contributed by atoms with Gasteiger partial charge in [0.25, 0.3) is 5.56 Å². The second kappa shape index (κ2) is 6.70. The van der Waals surface area contributed by atoms with Gasteiger partial charge in [-0.05, 0) is 12.3 Å². The first kappa shape index (κ1) is 13.3. The maximum absolute atomic E-state index is 11.9. The van der Waals surface area contributed by atoms with Gasteiger partial charge in [0.2, 0.25) is 0 Å². The van der Waals surface area contributed by atoms with Crippen LogP contribution >= 0.6 is 11.8 Å². The summed E-state index contributed by atoms with van der Waals surface area (Å²) in [5, 5.41) is 9.19. The highest BCUT2D eigenvalue weighted by atomic mass is 32.2. The van der Waals surface area contributed by atoms with Crippen molar-refractivity contribution in [3.63, 3.8) is 0 Å². The third-order valence-electron chi connectivity index (χ3n) is 1.99. The first-order valence-corrected chi connectivity index (χ1v) is 6.42. The van der Waals surface area contributed by atoms with Gasteiger partial charge in [0.05, 0.1) is 0 Å². The molecule has 0 saturated heterocycles. The lowest BCUT2D eigenvalue weighted by Crippen LogP contribution is -2.24. The van der Waals surface area contributed by atoms with E-state index in [0.29, 0.717) is 17.4 Å². The molecule has 0 aliphatic carbocycles. The molecule has 0 unspecified atom stereocenters. The largest absolute Gasteiger partial charge is 0.396 e. The Hall–Kier alpha value is -0.810. The Balaban J connectivity index is 2.74. The summed E-state index contributed by atoms with van der Waals surface area (Å²) in [5.41, 5.74) is -0.0286. The second-order valence-corrected chi connectivity index (χ2v) is 5.09. The summed E-state index contributed by atoms with van der Waals surface area (Å²) in [6, 6.07) is 0. The molecule has 5 heteroatoms. The number of aromatic nitrogens is 2. The molecular weight excluding hydrogens is 224 g/mol. The highest BCUT2D eigenvalue weighted by Gasteiger charge is 2.06. The zero-order valence-electron chi connectivity index (χ0n) is 9.72. The van der Waals surface area contributed by atoms with Crippen molar-refractivity contribution >= 4 is 11.8 Å². The molecule has 1 aromatic rings. The maximum atomic E-state index is 11.9. The van der Waals surface area contributed by atoms with Gasteiger partial charge in [0, 0.05) is 31.3 Å². The van der Waals surface area contributed by atoms with Crippen LogP contribution in [-0.2, 0) is 6.54 Å². The van der Waals surface area contributed by atoms with Crippen molar-refractivity contribution in [2.45, 2.75) is 31.8 Å². The van der Waals surface area contributed by atoms with E-state index in [-0.39, 0.29) is 12.2 Å². The average Bonchev–Trinajstić information content (AvgIpc) is 2.23. The first-order chi connectivity index (χ1) is 7.65. The Morgan fingerprint density at radius 3 is 2.94 bits per heavy atom. The topological polar surface area (TPSA) is 55.1 Å². The second-order valence-electron chi connectivity index (χ2n) is 4.01. The molecule has 1 rings (SSSR count). The lowest BCUT2D eigenvalue weighted by molar-refractivity contribution is 0.296. The number of thioether (sulfide) groups is 1. The normalized spacial score (nSPS) is 11.0. The molecule has 1 aromatic heterocycles. The summed E-state index contributed by atoms with van der Waals surface area (Å²) < 4.78 is 1.69. The van der Waals surface area contributed by atoms with Crippen LogP contribution in [0, 0.1) is 5.92 Å². The minimum Gasteiger partial charge on any atom is -0.396 e. The summed E-state index contributed by atoms with van der Waals surface area (Å²) >= 11 is 1.41. The average molecular weight is 242 g/mol. The molecule has 0 aliphatic rings. The molecule has 16 heavy (non-hydrogen) atoms. The van der Waals surface area contributed by atoms with Crippen molar-refractivity contribution in [3.05, 3.63) is 22.7 Å². The van der Waals surface area contributed by atoms with E-state index in [4.69, 9.17) is 5.11 Å². The minimum atomic E-state index is -0.0286. The Bertz CT molecular complexity index is 376. The van der Waals surface area contributed by atoms with Gasteiger partial charge >= 0.3 is 0 Å². The SMILES string of the molecule is CC(C)Cn1ccnc(SCCCO)c1=O. The number of nitrogens with zero attached hydrogens (tertiary/aromatic N) is 2. The first-order valence-electron chi connectivity index (χ1n) is 5.44. The third kappa shape index (κ3) is 3.98. The minimum absolute atomic E-state index is 0.0286. The maximum Gasteiger partial charge on any atom is 0.283 e. The summed E-state index contributed by atoms with van der Waals surface area (Å²) in [7, 11) is 0. The predicted octanol–water partition coefficient (Wildman–Crippen LogP) is 1.37. The number of aliphatic hydroxyl groups is 1. The van der Waals surface area contributed by atoms with E-state index < -0.39 is 0 Å². The van der Waals surface area contributed by atoms with Crippen LogP contribution in [-0.4, -0.2) is 27.0 Å². The summed E-state index contributed by atoms with van der Waals surface area (Å²) in [6.45, 7) is 5.02. The van der Waals surface area contributed by atoms with Crippen molar-refractivity contribution < 1.29 is 5.11 Å². The van der Waals surface area contributed by atoms with Crippen LogP contribution in [0.25, 0.3) is 0 Å². The van der Waals surface area contributed by atoms with Gasteiger partial charge in [0.1, 0.15) is 0 Å². The number of rotatable bonds is 6. The van der Waals surface area contributed by atoms with Crippen LogP contribution in [0.3, 0.4) is 0 Å². The van der Waals surface area contributed by atoms with E-state index in [0.717, 1.165) is 12.3 Å². The van der Waals surface area contributed by atoms with Gasteiger partial charge in [-0.15, -0.1) is 11.8 Å². The van der Waals surface area contributed by atoms with E-state index >= 15 is 0 Å². The third-order valence-corrected chi connectivity index (χ3v) is 3.03. The predicted molar refractivity (Wildman–Crippen MR) is 65.8 cm³/mol. The zero-order chi connectivity index (χ0) is 12.0. The molecule has 0 bridgehead atoms. The molecule has 0 spiro atoms. The summed E-state index contributed by atoms with van der Waals surface area (Å²) in [5.74, 6) is 1.17. The molecule has 1 N–H and O–H groups in total. The fourth-order valence-electron chi connectivity index (χ4n) is 1.30. The van der Waals surface area contributed by atoms with Crippen molar-refractivity contribution in [2.24, 2.45) is 5.92 Å². The van der Waals surface area contributed by atoms with Gasteiger partial charge in [-0.3, -0.25) is 4.79 Å². The Kier molecular flexibility index (Phi) is 5.55. The van der Waals surface area contributed by atoms with E-state index in [1.165, 1.54) is 11.8 Å². The van der Waals surface area contributed by atoms with Crippen molar-refractivity contribution in [3.8, 4) is 0 Å². The highest BCUT2D eigenvalue weighted by Crippen LogP contribution is 2.11. The van der Waals surface area contributed by atoms with Crippen LogP contribution in [0.4, 0.5) is 0 Å². The Labute approximate surface area is 99.7 Å². The van der Waals surface area contributed by atoms with Crippen molar-refractivity contribution in [2.75, 3.05) is 12.4 Å². The fourth-order valence-corrected chi connectivity index (χ4v) is 2.14. The molecule has 4 nitrogen and oxygen atoms in total. The van der Waals surface area contributed by atoms with Gasteiger partial charge < -0.3 is 9.67 Å². The highest BCUT2D eigenvalue weighted by molar-refractivity contribution is 7.99. The monoisotopic (exact) mass is 242 g/mol. The van der Waals surface area contributed by atoms with Gasteiger partial charge in [-0.1, -0.05) is 13.8 Å². The summed E-state index contributed by atoms with van der Waals surface area (Å²) in [4.78, 5) is 16.0. The van der Waals surface area contributed by atoms with E-state index in [1.807, 2.05) is 0 Å². The van der Waals surface area contributed by atoms with Gasteiger partial charge in [-0.25, -0.2) is 4.98 Å². The van der Waals surface area contributed by atoms with Crippen LogP contribution in [0.5, 0.6) is 0 Å². The molecule has 0 aromatic carbocycles. The lowest BCUT2D eigenvalue weighted by atomic mass is 10.2. The Morgan fingerprint density at radius 2 is 2.31 bits per heavy atom. The molecule has 90 valence electrons. The molecule has 0 fully saturated rings. The number of aliphatic hydroxyl groups excluding tert-OH is 1. The molecule has 0 saturated carbocycles. The molecule has 0 atom stereocenters. The summed E-state index contributed by atoms with van der Waals surface area (Å²) in [6.07, 6.45) is 4.06. The number of hydrogen-bond donors (Lipinski definition) is 1. The molecule has 0 aliphatic heterocycles. The molecule has 1 heterocycles. The van der Waals surface area contributed by atoms with Crippen LogP contribution in [0.1, 0.15) is 20.3 Å². The van der Waals surface area contributed by atoms with Crippen LogP contribution in [0.15, 0.2) is 22.2 Å². The van der Waals surface area contributed by atoms with Crippen molar-refractivity contribution in [1.29, 1.82) is 0 Å². The molecule has 0 radical (unpaired) electrons. The fraction of sp³-hybridized carbons (Fsp3) is 0.636. The van der Waals surface area contributed by atoms with E-state index in [1.54, 1.807) is 17.0 Å². The molecular formula is C11H18N2O2S.